The summed E-state index contributed by atoms with van der Waals surface area (Å²) < 4.78 is 4.83. The Balaban J connectivity index is 2.13. The molecule has 1 aromatic rings. The van der Waals surface area contributed by atoms with Gasteiger partial charge in [-0.25, -0.2) is 4.98 Å². The van der Waals surface area contributed by atoms with Gasteiger partial charge in [0.05, 0.1) is 7.11 Å². The van der Waals surface area contributed by atoms with Crippen LogP contribution in [-0.2, 0) is 14.9 Å². The minimum absolute atomic E-state index is 0.267. The van der Waals surface area contributed by atoms with Crippen molar-refractivity contribution in [3.63, 3.8) is 0 Å². The van der Waals surface area contributed by atoms with Crippen LogP contribution in [0.5, 0.6) is 0 Å². The summed E-state index contributed by atoms with van der Waals surface area (Å²) in [5.74, 6) is 0.941. The van der Waals surface area contributed by atoms with E-state index >= 15 is 0 Å². The molecular formula is C14H23N3O2. The number of methoxy groups -OCH3 is 1. The van der Waals surface area contributed by atoms with Crippen LogP contribution in [0.4, 0.5) is 0 Å². The third-order valence-corrected chi connectivity index (χ3v) is 4.04. The van der Waals surface area contributed by atoms with Gasteiger partial charge in [0.2, 0.25) is 0 Å². The van der Waals surface area contributed by atoms with Crippen molar-refractivity contribution in [3.8, 4) is 0 Å². The Hall–Kier alpha value is -1.36. The second-order valence-electron chi connectivity index (χ2n) is 5.88. The van der Waals surface area contributed by atoms with Crippen LogP contribution in [0.3, 0.4) is 0 Å². The summed E-state index contributed by atoms with van der Waals surface area (Å²) in [5, 5.41) is 0. The number of aromatic amines is 1. The fraction of sp³-hybridized carbons (Fsp3) is 0.714. The Labute approximate surface area is 114 Å². The highest BCUT2D eigenvalue weighted by Crippen LogP contribution is 2.29. The smallest absolute Gasteiger partial charge is 0.318 e. The fourth-order valence-corrected chi connectivity index (χ4v) is 2.53. The first kappa shape index (κ1) is 14.1. The number of piperidine rings is 1. The average Bonchev–Trinajstić information content (AvgIpc) is 2.88. The summed E-state index contributed by atoms with van der Waals surface area (Å²) in [6, 6.07) is 0. The van der Waals surface area contributed by atoms with Gasteiger partial charge in [-0.05, 0) is 46.8 Å². The van der Waals surface area contributed by atoms with Crippen LogP contribution in [0.2, 0.25) is 0 Å². The maximum atomic E-state index is 11.8. The first-order chi connectivity index (χ1) is 8.95. The van der Waals surface area contributed by atoms with Gasteiger partial charge < -0.3 is 14.6 Å². The Morgan fingerprint density at radius 2 is 2.11 bits per heavy atom. The molecule has 0 saturated carbocycles. The van der Waals surface area contributed by atoms with Crippen molar-refractivity contribution in [3.05, 3.63) is 17.7 Å². The third kappa shape index (κ3) is 2.81. The monoisotopic (exact) mass is 265 g/mol. The van der Waals surface area contributed by atoms with E-state index in [0.717, 1.165) is 31.6 Å². The molecule has 0 amide bonds. The largest absolute Gasteiger partial charge is 0.468 e. The summed E-state index contributed by atoms with van der Waals surface area (Å²) in [4.78, 5) is 21.8. The quantitative estimate of drug-likeness (QED) is 0.845. The fourth-order valence-electron chi connectivity index (χ4n) is 2.53. The molecule has 2 rings (SSSR count). The van der Waals surface area contributed by atoms with E-state index in [1.54, 1.807) is 0 Å². The lowest BCUT2D eigenvalue weighted by atomic mass is 9.92. The van der Waals surface area contributed by atoms with E-state index in [0.29, 0.717) is 11.7 Å². The standard InChI is InChI=1S/C14H23N3O2/c1-14(2,13(18)19-4)12-15-9-11(16-12)10-5-7-17(3)8-6-10/h9-10H,5-8H2,1-4H3,(H,15,16). The second kappa shape index (κ2) is 5.33. The molecule has 0 aromatic carbocycles. The molecule has 0 atom stereocenters. The number of hydrogen-bond acceptors (Lipinski definition) is 4. The van der Waals surface area contributed by atoms with E-state index < -0.39 is 5.41 Å². The van der Waals surface area contributed by atoms with Crippen molar-refractivity contribution in [1.82, 2.24) is 14.9 Å². The zero-order valence-electron chi connectivity index (χ0n) is 12.2. The molecule has 1 N–H and O–H groups in total. The Bertz CT molecular complexity index is 445. The normalized spacial score (nSPS) is 18.5. The van der Waals surface area contributed by atoms with Crippen LogP contribution >= 0.6 is 0 Å². The summed E-state index contributed by atoms with van der Waals surface area (Å²) in [6.07, 6.45) is 4.14. The molecule has 106 valence electrons. The molecule has 0 bridgehead atoms. The van der Waals surface area contributed by atoms with Crippen LogP contribution in [0, 0.1) is 0 Å². The number of imidazole rings is 1. The number of hydrogen-bond donors (Lipinski definition) is 1. The molecule has 2 heterocycles. The van der Waals surface area contributed by atoms with Gasteiger partial charge in [0.25, 0.3) is 0 Å². The molecule has 0 unspecified atom stereocenters. The van der Waals surface area contributed by atoms with E-state index in [1.165, 1.54) is 7.11 Å². The molecule has 5 nitrogen and oxygen atoms in total. The lowest BCUT2D eigenvalue weighted by Crippen LogP contribution is -2.32. The summed E-state index contributed by atoms with van der Waals surface area (Å²) in [6.45, 7) is 5.88. The van der Waals surface area contributed by atoms with Crippen LogP contribution in [-0.4, -0.2) is 48.1 Å². The van der Waals surface area contributed by atoms with Crippen molar-refractivity contribution < 1.29 is 9.53 Å². The highest BCUT2D eigenvalue weighted by Gasteiger charge is 2.34. The number of ether oxygens (including phenoxy) is 1. The highest BCUT2D eigenvalue weighted by molar-refractivity contribution is 5.80. The predicted molar refractivity (Wildman–Crippen MR) is 73.1 cm³/mol. The van der Waals surface area contributed by atoms with Gasteiger partial charge in [0.1, 0.15) is 11.2 Å². The first-order valence-electron chi connectivity index (χ1n) is 6.77. The van der Waals surface area contributed by atoms with E-state index in [4.69, 9.17) is 4.74 Å². The second-order valence-corrected chi connectivity index (χ2v) is 5.88. The Kier molecular flexibility index (Phi) is 3.94. The molecule has 0 radical (unpaired) electrons. The zero-order valence-corrected chi connectivity index (χ0v) is 12.2. The van der Waals surface area contributed by atoms with Crippen LogP contribution in [0.1, 0.15) is 44.1 Å². The van der Waals surface area contributed by atoms with Crippen LogP contribution < -0.4 is 0 Å². The molecule has 1 saturated heterocycles. The lowest BCUT2D eigenvalue weighted by molar-refractivity contribution is -0.146. The van der Waals surface area contributed by atoms with Crippen LogP contribution in [0.15, 0.2) is 6.20 Å². The first-order valence-corrected chi connectivity index (χ1v) is 6.77. The average molecular weight is 265 g/mol. The number of nitrogens with zero attached hydrogens (tertiary/aromatic N) is 2. The SMILES string of the molecule is COC(=O)C(C)(C)c1ncc(C2CCN(C)CC2)[nH]1. The molecule has 0 aliphatic carbocycles. The summed E-state index contributed by atoms with van der Waals surface area (Å²) in [7, 11) is 3.56. The summed E-state index contributed by atoms with van der Waals surface area (Å²) >= 11 is 0. The topological polar surface area (TPSA) is 58.2 Å². The van der Waals surface area contributed by atoms with E-state index in [1.807, 2.05) is 20.0 Å². The number of aromatic nitrogens is 2. The van der Waals surface area contributed by atoms with Gasteiger partial charge in [-0.15, -0.1) is 0 Å². The molecule has 1 aliphatic heterocycles. The molecule has 5 heteroatoms. The third-order valence-electron chi connectivity index (χ3n) is 4.04. The molecule has 1 aromatic heterocycles. The van der Waals surface area contributed by atoms with Gasteiger partial charge in [-0.1, -0.05) is 0 Å². The maximum absolute atomic E-state index is 11.8. The number of rotatable bonds is 3. The highest BCUT2D eigenvalue weighted by atomic mass is 16.5. The maximum Gasteiger partial charge on any atom is 0.318 e. The van der Waals surface area contributed by atoms with Gasteiger partial charge >= 0.3 is 5.97 Å². The molecular weight excluding hydrogens is 242 g/mol. The van der Waals surface area contributed by atoms with Gasteiger partial charge in [-0.3, -0.25) is 4.79 Å². The van der Waals surface area contributed by atoms with Crippen molar-refractivity contribution in [1.29, 1.82) is 0 Å². The van der Waals surface area contributed by atoms with Crippen molar-refractivity contribution in [2.24, 2.45) is 0 Å². The number of carbonyl (C=O) groups is 1. The van der Waals surface area contributed by atoms with Gasteiger partial charge in [-0.2, -0.15) is 0 Å². The lowest BCUT2D eigenvalue weighted by Gasteiger charge is -2.28. The van der Waals surface area contributed by atoms with Crippen molar-refractivity contribution in [2.45, 2.75) is 38.0 Å². The van der Waals surface area contributed by atoms with Crippen molar-refractivity contribution >= 4 is 5.97 Å². The number of likely N-dealkylation sites (tertiary alicyclic amines) is 1. The minimum atomic E-state index is -0.724. The summed E-state index contributed by atoms with van der Waals surface area (Å²) in [5.41, 5.74) is 0.415. The van der Waals surface area contributed by atoms with Gasteiger partial charge in [0, 0.05) is 17.8 Å². The van der Waals surface area contributed by atoms with E-state index in [-0.39, 0.29) is 5.97 Å². The van der Waals surface area contributed by atoms with E-state index in [9.17, 15) is 4.79 Å². The number of H-pyrrole nitrogens is 1. The molecule has 0 spiro atoms. The Morgan fingerprint density at radius 3 is 2.68 bits per heavy atom. The number of nitrogens with one attached hydrogen (secondary N) is 1. The van der Waals surface area contributed by atoms with Crippen LogP contribution in [0.25, 0.3) is 0 Å². The van der Waals surface area contributed by atoms with Gasteiger partial charge in [0.15, 0.2) is 0 Å². The number of esters is 1. The molecule has 1 aliphatic rings. The van der Waals surface area contributed by atoms with Crippen molar-refractivity contribution in [2.75, 3.05) is 27.2 Å². The Morgan fingerprint density at radius 1 is 1.47 bits per heavy atom. The molecule has 19 heavy (non-hydrogen) atoms. The zero-order chi connectivity index (χ0) is 14.0. The number of carbonyl (C=O) groups excluding carboxylic acids is 1. The minimum Gasteiger partial charge on any atom is -0.468 e. The van der Waals surface area contributed by atoms with E-state index in [2.05, 4.69) is 21.9 Å². The molecule has 1 fully saturated rings. The predicted octanol–water partition coefficient (Wildman–Crippen LogP) is 1.67.